The largest absolute Gasteiger partial charge is 0.350 e. The summed E-state index contributed by atoms with van der Waals surface area (Å²) in [6, 6.07) is 9.95. The number of carbonyl (C=O) groups excluding carboxylic acids is 1. The highest BCUT2D eigenvalue weighted by molar-refractivity contribution is 8.23. The van der Waals surface area contributed by atoms with Crippen molar-refractivity contribution >= 4 is 39.9 Å². The van der Waals surface area contributed by atoms with E-state index in [4.69, 9.17) is 12.2 Å². The van der Waals surface area contributed by atoms with Gasteiger partial charge >= 0.3 is 0 Å². The summed E-state index contributed by atoms with van der Waals surface area (Å²) in [5.74, 6) is 0.533. The van der Waals surface area contributed by atoms with E-state index in [1.165, 1.54) is 11.8 Å². The van der Waals surface area contributed by atoms with E-state index in [0.717, 1.165) is 5.69 Å². The standard InChI is InChI=1S/C13H14N2OS2/c1-2-8-14(11-6-4-3-5-7-11)10-15-12(16)9-18-13(15)17/h2-7H,1,8-10H2. The first-order valence-corrected chi connectivity index (χ1v) is 7.00. The number of hydrogen-bond acceptors (Lipinski definition) is 4. The molecule has 1 aliphatic heterocycles. The molecule has 1 fully saturated rings. The van der Waals surface area contributed by atoms with Crippen LogP contribution in [0.5, 0.6) is 0 Å². The Kier molecular flexibility index (Phi) is 4.38. The molecule has 94 valence electrons. The maximum Gasteiger partial charge on any atom is 0.239 e. The van der Waals surface area contributed by atoms with Gasteiger partial charge < -0.3 is 4.90 Å². The Labute approximate surface area is 116 Å². The predicted octanol–water partition coefficient (Wildman–Crippen LogP) is 2.50. The molecule has 1 amide bonds. The van der Waals surface area contributed by atoms with Crippen molar-refractivity contribution in [1.82, 2.24) is 4.90 Å². The molecule has 18 heavy (non-hydrogen) atoms. The first kappa shape index (κ1) is 13.1. The summed E-state index contributed by atoms with van der Waals surface area (Å²) in [5, 5.41) is 0. The highest BCUT2D eigenvalue weighted by Crippen LogP contribution is 2.21. The number of para-hydroxylation sites is 1. The van der Waals surface area contributed by atoms with E-state index in [9.17, 15) is 4.79 Å². The Hall–Kier alpha value is -1.33. The summed E-state index contributed by atoms with van der Waals surface area (Å²) in [6.07, 6.45) is 1.82. The number of nitrogens with zero attached hydrogens (tertiary/aromatic N) is 2. The molecule has 1 saturated heterocycles. The Bertz CT molecular complexity index is 445. The summed E-state index contributed by atoms with van der Waals surface area (Å²) in [4.78, 5) is 15.4. The van der Waals surface area contributed by atoms with Gasteiger partial charge in [0.15, 0.2) is 0 Å². The van der Waals surface area contributed by atoms with Gasteiger partial charge in [0.2, 0.25) is 5.91 Å². The monoisotopic (exact) mass is 278 g/mol. The van der Waals surface area contributed by atoms with E-state index in [1.54, 1.807) is 4.90 Å². The fraction of sp³-hybridized carbons (Fsp3) is 0.231. The molecular weight excluding hydrogens is 264 g/mol. The quantitative estimate of drug-likeness (QED) is 0.610. The topological polar surface area (TPSA) is 23.6 Å². The fourth-order valence-corrected chi connectivity index (χ4v) is 2.78. The van der Waals surface area contributed by atoms with E-state index in [2.05, 4.69) is 11.5 Å². The van der Waals surface area contributed by atoms with Gasteiger partial charge in [-0.3, -0.25) is 9.69 Å². The van der Waals surface area contributed by atoms with Gasteiger partial charge in [-0.2, -0.15) is 0 Å². The minimum Gasteiger partial charge on any atom is -0.350 e. The van der Waals surface area contributed by atoms with E-state index in [1.807, 2.05) is 36.4 Å². The van der Waals surface area contributed by atoms with Crippen molar-refractivity contribution in [2.45, 2.75) is 0 Å². The zero-order valence-corrected chi connectivity index (χ0v) is 11.5. The summed E-state index contributed by atoms with van der Waals surface area (Å²) >= 11 is 6.61. The van der Waals surface area contributed by atoms with Crippen LogP contribution >= 0.6 is 24.0 Å². The first-order chi connectivity index (χ1) is 8.72. The van der Waals surface area contributed by atoms with Crippen molar-refractivity contribution in [3.05, 3.63) is 43.0 Å². The molecule has 0 bridgehead atoms. The third-order valence-electron chi connectivity index (χ3n) is 2.62. The lowest BCUT2D eigenvalue weighted by molar-refractivity contribution is -0.124. The summed E-state index contributed by atoms with van der Waals surface area (Å²) in [5.41, 5.74) is 1.06. The first-order valence-electron chi connectivity index (χ1n) is 5.60. The smallest absolute Gasteiger partial charge is 0.239 e. The van der Waals surface area contributed by atoms with Crippen molar-refractivity contribution in [1.29, 1.82) is 0 Å². The van der Waals surface area contributed by atoms with Crippen LogP contribution in [0.3, 0.4) is 0 Å². The molecule has 0 unspecified atom stereocenters. The summed E-state index contributed by atoms with van der Waals surface area (Å²) in [6.45, 7) is 4.92. The lowest BCUT2D eigenvalue weighted by Gasteiger charge is -2.28. The second kappa shape index (κ2) is 6.02. The average molecular weight is 278 g/mol. The molecule has 1 aromatic rings. The minimum absolute atomic E-state index is 0.0787. The number of amides is 1. The highest BCUT2D eigenvalue weighted by atomic mass is 32.2. The molecule has 0 spiro atoms. The molecule has 0 saturated carbocycles. The molecule has 0 aliphatic carbocycles. The van der Waals surface area contributed by atoms with Gasteiger partial charge in [0.25, 0.3) is 0 Å². The fourth-order valence-electron chi connectivity index (χ4n) is 1.73. The second-order valence-corrected chi connectivity index (χ2v) is 5.47. The van der Waals surface area contributed by atoms with Crippen LogP contribution < -0.4 is 4.90 Å². The van der Waals surface area contributed by atoms with Crippen molar-refractivity contribution in [3.8, 4) is 0 Å². The zero-order chi connectivity index (χ0) is 13.0. The summed E-state index contributed by atoms with van der Waals surface area (Å²) in [7, 11) is 0. The summed E-state index contributed by atoms with van der Waals surface area (Å²) < 4.78 is 0.657. The highest BCUT2D eigenvalue weighted by Gasteiger charge is 2.27. The van der Waals surface area contributed by atoms with Gasteiger partial charge in [0.1, 0.15) is 4.32 Å². The average Bonchev–Trinajstić information content (AvgIpc) is 2.71. The number of hydrogen-bond donors (Lipinski definition) is 0. The van der Waals surface area contributed by atoms with E-state index < -0.39 is 0 Å². The van der Waals surface area contributed by atoms with Crippen molar-refractivity contribution in [2.75, 3.05) is 23.9 Å². The number of benzene rings is 1. The number of thiocarbonyl (C=S) groups is 1. The Morgan fingerprint density at radius 1 is 1.44 bits per heavy atom. The molecule has 0 atom stereocenters. The molecule has 1 heterocycles. The van der Waals surface area contributed by atoms with Crippen LogP contribution in [0.1, 0.15) is 0 Å². The van der Waals surface area contributed by atoms with E-state index in [0.29, 0.717) is 23.3 Å². The Balaban J connectivity index is 2.14. The van der Waals surface area contributed by atoms with Gasteiger partial charge in [-0.25, -0.2) is 0 Å². The molecule has 0 radical (unpaired) electrons. The number of rotatable bonds is 5. The van der Waals surface area contributed by atoms with E-state index in [-0.39, 0.29) is 5.91 Å². The number of thioether (sulfide) groups is 1. The van der Waals surface area contributed by atoms with Gasteiger partial charge in [0.05, 0.1) is 12.4 Å². The normalized spacial score (nSPS) is 15.0. The molecule has 1 aromatic carbocycles. The zero-order valence-electron chi connectivity index (χ0n) is 9.91. The molecule has 5 heteroatoms. The lowest BCUT2D eigenvalue weighted by Crippen LogP contribution is -2.40. The maximum atomic E-state index is 11.7. The maximum absolute atomic E-state index is 11.7. The molecule has 3 nitrogen and oxygen atoms in total. The molecule has 1 aliphatic rings. The Morgan fingerprint density at radius 3 is 2.72 bits per heavy atom. The molecule has 0 N–H and O–H groups in total. The van der Waals surface area contributed by atoms with Gasteiger partial charge in [-0.15, -0.1) is 6.58 Å². The molecule has 2 rings (SSSR count). The van der Waals surface area contributed by atoms with Gasteiger partial charge in [-0.1, -0.05) is 48.3 Å². The number of carbonyl (C=O) groups is 1. The van der Waals surface area contributed by atoms with Crippen LogP contribution in [0.2, 0.25) is 0 Å². The van der Waals surface area contributed by atoms with Crippen LogP contribution in [0.4, 0.5) is 5.69 Å². The molecule has 0 aromatic heterocycles. The number of anilines is 1. The van der Waals surface area contributed by atoms with Crippen LogP contribution in [-0.4, -0.2) is 34.1 Å². The second-order valence-electron chi connectivity index (χ2n) is 3.86. The third kappa shape index (κ3) is 2.91. The van der Waals surface area contributed by atoms with Crippen LogP contribution in [0.25, 0.3) is 0 Å². The predicted molar refractivity (Wildman–Crippen MR) is 80.8 cm³/mol. The van der Waals surface area contributed by atoms with Crippen LogP contribution in [0.15, 0.2) is 43.0 Å². The van der Waals surface area contributed by atoms with Crippen molar-refractivity contribution in [2.24, 2.45) is 0 Å². The lowest BCUT2D eigenvalue weighted by atomic mass is 10.3. The van der Waals surface area contributed by atoms with E-state index >= 15 is 0 Å². The SMILES string of the molecule is C=CCN(CN1C(=O)CSC1=S)c1ccccc1. The Morgan fingerprint density at radius 2 is 2.17 bits per heavy atom. The third-order valence-corrected chi connectivity index (χ3v) is 4.06. The van der Waals surface area contributed by atoms with Crippen molar-refractivity contribution in [3.63, 3.8) is 0 Å². The van der Waals surface area contributed by atoms with Gasteiger partial charge in [0, 0.05) is 12.2 Å². The van der Waals surface area contributed by atoms with Crippen LogP contribution in [0, 0.1) is 0 Å². The molecular formula is C13H14N2OS2. The van der Waals surface area contributed by atoms with Crippen LogP contribution in [-0.2, 0) is 4.79 Å². The van der Waals surface area contributed by atoms with Crippen molar-refractivity contribution < 1.29 is 4.79 Å². The van der Waals surface area contributed by atoms with Gasteiger partial charge in [-0.05, 0) is 12.1 Å². The minimum atomic E-state index is 0.0787.